The molecule has 1 fully saturated rings. The van der Waals surface area contributed by atoms with E-state index in [-0.39, 0.29) is 11.8 Å². The van der Waals surface area contributed by atoms with Crippen molar-refractivity contribution in [3.63, 3.8) is 0 Å². The molecule has 3 rings (SSSR count). The molecule has 0 bridgehead atoms. The fourth-order valence-corrected chi connectivity index (χ4v) is 3.07. The van der Waals surface area contributed by atoms with Gasteiger partial charge >= 0.3 is 12.1 Å². The predicted molar refractivity (Wildman–Crippen MR) is 99.6 cm³/mol. The third kappa shape index (κ3) is 4.70. The number of piperazine rings is 1. The van der Waals surface area contributed by atoms with Gasteiger partial charge < -0.3 is 25.1 Å². The number of halogens is 1. The first-order valence-corrected chi connectivity index (χ1v) is 8.92. The zero-order valence-electron chi connectivity index (χ0n) is 15.8. The van der Waals surface area contributed by atoms with Crippen molar-refractivity contribution in [3.05, 3.63) is 41.9 Å². The lowest BCUT2D eigenvalue weighted by Crippen LogP contribution is -2.53. The zero-order valence-corrected chi connectivity index (χ0v) is 15.8. The minimum absolute atomic E-state index is 0.0923. The molecular formula is C18H24FN5O4. The number of amides is 3. The van der Waals surface area contributed by atoms with E-state index in [4.69, 9.17) is 9.57 Å². The van der Waals surface area contributed by atoms with E-state index in [2.05, 4.69) is 16.1 Å². The lowest BCUT2D eigenvalue weighted by Gasteiger charge is -2.33. The van der Waals surface area contributed by atoms with E-state index in [9.17, 15) is 14.0 Å². The lowest BCUT2D eigenvalue weighted by molar-refractivity contribution is 0.0885. The highest BCUT2D eigenvalue weighted by Crippen LogP contribution is 2.20. The molecule has 3 amide bonds. The normalized spacial score (nSPS) is 21.9. The molecule has 0 aromatic heterocycles. The number of carbonyl (C=O) groups is 2. The summed E-state index contributed by atoms with van der Waals surface area (Å²) in [6.45, 7) is 4.36. The molecule has 2 aliphatic heterocycles. The molecule has 9 nitrogen and oxygen atoms in total. The fraction of sp³-hybridized carbons (Fsp3) is 0.444. The molecule has 1 aromatic rings. The molecule has 1 atom stereocenters. The standard InChI is InChI=1S/C18H24FN5O4/c1-18(6-11-28-22-18)21-16(25)20-14-5-3-4-13(15(14)19)12-23-7-9-24(10-8-23)17(26)27-2/h3-6,11,22H,7-10,12H2,1-2H3,(H2,20,21,25). The second kappa shape index (κ2) is 8.44. The molecule has 2 aliphatic rings. The second-order valence-electron chi connectivity index (χ2n) is 6.82. The summed E-state index contributed by atoms with van der Waals surface area (Å²) in [6, 6.07) is 4.32. The Balaban J connectivity index is 1.58. The van der Waals surface area contributed by atoms with Crippen LogP contribution in [0.5, 0.6) is 0 Å². The number of benzene rings is 1. The summed E-state index contributed by atoms with van der Waals surface area (Å²) in [7, 11) is 1.35. The van der Waals surface area contributed by atoms with Crippen molar-refractivity contribution in [2.75, 3.05) is 38.6 Å². The van der Waals surface area contributed by atoms with E-state index in [1.54, 1.807) is 30.0 Å². The highest BCUT2D eigenvalue weighted by molar-refractivity contribution is 5.90. The van der Waals surface area contributed by atoms with Gasteiger partial charge in [0, 0.05) is 38.3 Å². The van der Waals surface area contributed by atoms with Gasteiger partial charge in [0.25, 0.3) is 0 Å². The van der Waals surface area contributed by atoms with Crippen LogP contribution in [-0.4, -0.2) is 60.9 Å². The molecule has 0 saturated carbocycles. The Morgan fingerprint density at radius 3 is 2.71 bits per heavy atom. The van der Waals surface area contributed by atoms with Crippen LogP contribution in [0.15, 0.2) is 30.5 Å². The van der Waals surface area contributed by atoms with Crippen LogP contribution in [0.4, 0.5) is 19.7 Å². The average molecular weight is 393 g/mol. The summed E-state index contributed by atoms with van der Waals surface area (Å²) in [4.78, 5) is 32.3. The van der Waals surface area contributed by atoms with E-state index in [0.29, 0.717) is 38.3 Å². The molecule has 2 heterocycles. The lowest BCUT2D eigenvalue weighted by atomic mass is 10.1. The maximum atomic E-state index is 14.8. The smallest absolute Gasteiger partial charge is 0.409 e. The summed E-state index contributed by atoms with van der Waals surface area (Å²) in [5.41, 5.74) is 2.32. The number of carbonyl (C=O) groups excluding carboxylic acids is 2. The average Bonchev–Trinajstić information content (AvgIpc) is 3.10. The summed E-state index contributed by atoms with van der Waals surface area (Å²) in [5, 5.41) is 5.18. The van der Waals surface area contributed by atoms with E-state index in [1.807, 2.05) is 4.90 Å². The van der Waals surface area contributed by atoms with Crippen molar-refractivity contribution in [2.24, 2.45) is 0 Å². The number of urea groups is 1. The van der Waals surface area contributed by atoms with Gasteiger partial charge in [0.15, 0.2) is 5.82 Å². The highest BCUT2D eigenvalue weighted by atomic mass is 19.1. The number of methoxy groups -OCH3 is 1. The van der Waals surface area contributed by atoms with Crippen molar-refractivity contribution >= 4 is 17.8 Å². The summed E-state index contributed by atoms with van der Waals surface area (Å²) in [5.74, 6) is -0.482. The van der Waals surface area contributed by atoms with Crippen LogP contribution in [0.25, 0.3) is 0 Å². The molecule has 0 radical (unpaired) electrons. The second-order valence-corrected chi connectivity index (χ2v) is 6.82. The van der Waals surface area contributed by atoms with Gasteiger partial charge in [-0.15, -0.1) is 5.48 Å². The van der Waals surface area contributed by atoms with E-state index in [1.165, 1.54) is 19.4 Å². The molecule has 0 spiro atoms. The molecule has 1 unspecified atom stereocenters. The number of anilines is 1. The summed E-state index contributed by atoms with van der Waals surface area (Å²) >= 11 is 0. The minimum atomic E-state index is -0.864. The first-order valence-electron chi connectivity index (χ1n) is 8.92. The van der Waals surface area contributed by atoms with Gasteiger partial charge in [-0.1, -0.05) is 12.1 Å². The quantitative estimate of drug-likeness (QED) is 0.719. The van der Waals surface area contributed by atoms with Crippen LogP contribution < -0.4 is 16.1 Å². The Kier molecular flexibility index (Phi) is 6.00. The third-order valence-corrected chi connectivity index (χ3v) is 4.64. The number of ether oxygens (including phenoxy) is 1. The Bertz CT molecular complexity index is 766. The molecular weight excluding hydrogens is 369 g/mol. The van der Waals surface area contributed by atoms with Gasteiger partial charge in [0.2, 0.25) is 0 Å². The van der Waals surface area contributed by atoms with Crippen molar-refractivity contribution < 1.29 is 23.6 Å². The van der Waals surface area contributed by atoms with Crippen LogP contribution in [-0.2, 0) is 16.1 Å². The van der Waals surface area contributed by atoms with Crippen LogP contribution in [0, 0.1) is 5.82 Å². The number of hydrogen-bond acceptors (Lipinski definition) is 6. The maximum absolute atomic E-state index is 14.8. The topological polar surface area (TPSA) is 95.2 Å². The number of hydroxylamine groups is 1. The molecule has 28 heavy (non-hydrogen) atoms. The highest BCUT2D eigenvalue weighted by Gasteiger charge is 2.28. The van der Waals surface area contributed by atoms with Gasteiger partial charge in [0.1, 0.15) is 11.9 Å². The Morgan fingerprint density at radius 2 is 2.07 bits per heavy atom. The van der Waals surface area contributed by atoms with Gasteiger partial charge in [-0.3, -0.25) is 4.90 Å². The number of hydrogen-bond donors (Lipinski definition) is 3. The van der Waals surface area contributed by atoms with Gasteiger partial charge in [-0.2, -0.15) is 0 Å². The minimum Gasteiger partial charge on any atom is -0.453 e. The first kappa shape index (κ1) is 19.9. The van der Waals surface area contributed by atoms with E-state index < -0.39 is 17.5 Å². The molecule has 1 aromatic carbocycles. The SMILES string of the molecule is COC(=O)N1CCN(Cc2cccc(NC(=O)NC3(C)C=CON3)c2F)CC1. The monoisotopic (exact) mass is 393 g/mol. The van der Waals surface area contributed by atoms with Crippen molar-refractivity contribution in [2.45, 2.75) is 19.1 Å². The Morgan fingerprint density at radius 1 is 1.32 bits per heavy atom. The van der Waals surface area contributed by atoms with Gasteiger partial charge in [-0.25, -0.2) is 14.0 Å². The third-order valence-electron chi connectivity index (χ3n) is 4.64. The van der Waals surface area contributed by atoms with Crippen LogP contribution >= 0.6 is 0 Å². The molecule has 1 saturated heterocycles. The zero-order chi connectivity index (χ0) is 20.1. The van der Waals surface area contributed by atoms with Crippen molar-refractivity contribution in [1.82, 2.24) is 20.6 Å². The fourth-order valence-electron chi connectivity index (χ4n) is 3.07. The largest absolute Gasteiger partial charge is 0.453 e. The molecule has 152 valence electrons. The Hall–Kier alpha value is -2.85. The summed E-state index contributed by atoms with van der Waals surface area (Å²) in [6.07, 6.45) is 2.70. The van der Waals surface area contributed by atoms with Crippen molar-refractivity contribution in [1.29, 1.82) is 0 Å². The van der Waals surface area contributed by atoms with Crippen molar-refractivity contribution in [3.8, 4) is 0 Å². The molecule has 3 N–H and O–H groups in total. The predicted octanol–water partition coefficient (Wildman–Crippen LogP) is 1.60. The van der Waals surface area contributed by atoms with Gasteiger partial charge in [-0.05, 0) is 19.1 Å². The Labute approximate surface area is 162 Å². The first-order chi connectivity index (χ1) is 13.4. The number of rotatable bonds is 4. The van der Waals surface area contributed by atoms with Crippen LogP contribution in [0.2, 0.25) is 0 Å². The maximum Gasteiger partial charge on any atom is 0.409 e. The number of nitrogens with zero attached hydrogens (tertiary/aromatic N) is 2. The molecule has 10 heteroatoms. The van der Waals surface area contributed by atoms with E-state index in [0.717, 1.165) is 0 Å². The van der Waals surface area contributed by atoms with E-state index >= 15 is 0 Å². The van der Waals surface area contributed by atoms with Crippen LogP contribution in [0.3, 0.4) is 0 Å². The summed E-state index contributed by atoms with van der Waals surface area (Å²) < 4.78 is 19.6. The molecule has 0 aliphatic carbocycles. The van der Waals surface area contributed by atoms with Crippen LogP contribution in [0.1, 0.15) is 12.5 Å². The number of nitrogens with one attached hydrogen (secondary N) is 3. The van der Waals surface area contributed by atoms with Gasteiger partial charge in [0.05, 0.1) is 12.8 Å².